The van der Waals surface area contributed by atoms with Crippen LogP contribution in [0.3, 0.4) is 0 Å². The molecule has 1 unspecified atom stereocenters. The normalized spacial score (nSPS) is 19.2. The minimum atomic E-state index is -0.273. The molecule has 1 aliphatic rings. The van der Waals surface area contributed by atoms with E-state index in [4.69, 9.17) is 4.74 Å². The summed E-state index contributed by atoms with van der Waals surface area (Å²) in [7, 11) is 0. The molecule has 0 radical (unpaired) electrons. The van der Waals surface area contributed by atoms with Crippen molar-refractivity contribution in [3.63, 3.8) is 0 Å². The monoisotopic (exact) mass is 275 g/mol. The third-order valence-electron chi connectivity index (χ3n) is 3.54. The van der Waals surface area contributed by atoms with E-state index in [1.54, 1.807) is 6.33 Å². The Morgan fingerprint density at radius 1 is 1.45 bits per heavy atom. The molecule has 3 heterocycles. The highest BCUT2D eigenvalue weighted by Crippen LogP contribution is 2.27. The third kappa shape index (κ3) is 2.19. The number of rotatable bonds is 3. The quantitative estimate of drug-likeness (QED) is 0.849. The number of anilines is 1. The summed E-state index contributed by atoms with van der Waals surface area (Å²) in [4.78, 5) is 29.7. The van der Waals surface area contributed by atoms with Crippen molar-refractivity contribution in [1.29, 1.82) is 0 Å². The zero-order valence-corrected chi connectivity index (χ0v) is 11.4. The first kappa shape index (κ1) is 12.8. The number of aromatic amines is 1. The van der Waals surface area contributed by atoms with Crippen molar-refractivity contribution < 1.29 is 9.53 Å². The lowest BCUT2D eigenvalue weighted by atomic mass is 10.0. The smallest absolute Gasteiger partial charge is 0.328 e. The molecule has 0 spiro atoms. The van der Waals surface area contributed by atoms with E-state index in [1.165, 1.54) is 6.33 Å². The highest BCUT2D eigenvalue weighted by atomic mass is 16.5. The van der Waals surface area contributed by atoms with Gasteiger partial charge >= 0.3 is 5.97 Å². The maximum atomic E-state index is 12.1. The zero-order valence-electron chi connectivity index (χ0n) is 11.4. The van der Waals surface area contributed by atoms with Crippen LogP contribution < -0.4 is 4.90 Å². The van der Waals surface area contributed by atoms with Crippen LogP contribution in [0, 0.1) is 0 Å². The molecule has 3 rings (SSSR count). The van der Waals surface area contributed by atoms with E-state index in [-0.39, 0.29) is 12.0 Å². The Bertz CT molecular complexity index is 612. The van der Waals surface area contributed by atoms with Crippen molar-refractivity contribution >= 4 is 23.0 Å². The summed E-state index contributed by atoms with van der Waals surface area (Å²) in [6.07, 6.45) is 5.92. The lowest BCUT2D eigenvalue weighted by Gasteiger charge is -2.34. The molecule has 0 aliphatic carbocycles. The van der Waals surface area contributed by atoms with Crippen molar-refractivity contribution in [3.8, 4) is 0 Å². The van der Waals surface area contributed by atoms with Crippen LogP contribution in [0.25, 0.3) is 11.2 Å². The molecule has 1 aliphatic heterocycles. The van der Waals surface area contributed by atoms with E-state index in [0.717, 1.165) is 37.1 Å². The molecule has 1 atom stereocenters. The molecular formula is C13H17N5O2. The number of H-pyrrole nitrogens is 1. The number of imidazole rings is 1. The van der Waals surface area contributed by atoms with E-state index in [1.807, 2.05) is 11.8 Å². The molecule has 0 aromatic carbocycles. The summed E-state index contributed by atoms with van der Waals surface area (Å²) < 4.78 is 5.18. The van der Waals surface area contributed by atoms with E-state index < -0.39 is 0 Å². The van der Waals surface area contributed by atoms with Gasteiger partial charge in [0, 0.05) is 6.54 Å². The standard InChI is InChI=1S/C13H17N5O2/c1-2-20-13(19)9-5-3-4-6-18(9)12-10-11(15-7-14-10)16-8-17-12/h7-9H,2-6H2,1H3,(H,14,15,16,17). The molecule has 7 nitrogen and oxygen atoms in total. The maximum absolute atomic E-state index is 12.1. The van der Waals surface area contributed by atoms with Gasteiger partial charge in [-0.1, -0.05) is 0 Å². The number of ether oxygens (including phenoxy) is 1. The van der Waals surface area contributed by atoms with Crippen LogP contribution in [-0.2, 0) is 9.53 Å². The van der Waals surface area contributed by atoms with Gasteiger partial charge in [0.1, 0.15) is 17.9 Å². The van der Waals surface area contributed by atoms with Crippen LogP contribution in [0.2, 0.25) is 0 Å². The molecule has 1 N–H and O–H groups in total. The lowest BCUT2D eigenvalue weighted by molar-refractivity contribution is -0.145. The van der Waals surface area contributed by atoms with E-state index in [2.05, 4.69) is 19.9 Å². The second-order valence-corrected chi connectivity index (χ2v) is 4.76. The summed E-state index contributed by atoms with van der Waals surface area (Å²) in [5.74, 6) is 0.545. The van der Waals surface area contributed by atoms with Gasteiger partial charge < -0.3 is 14.6 Å². The molecule has 0 bridgehead atoms. The molecule has 2 aromatic rings. The largest absolute Gasteiger partial charge is 0.464 e. The fourth-order valence-corrected chi connectivity index (χ4v) is 2.64. The Hall–Kier alpha value is -2.18. The van der Waals surface area contributed by atoms with E-state index in [0.29, 0.717) is 12.3 Å². The number of nitrogens with one attached hydrogen (secondary N) is 1. The number of aromatic nitrogens is 4. The zero-order chi connectivity index (χ0) is 13.9. The maximum Gasteiger partial charge on any atom is 0.328 e. The van der Waals surface area contributed by atoms with Gasteiger partial charge in [-0.15, -0.1) is 0 Å². The minimum absolute atomic E-state index is 0.182. The molecular weight excluding hydrogens is 258 g/mol. The van der Waals surface area contributed by atoms with E-state index >= 15 is 0 Å². The predicted molar refractivity (Wildman–Crippen MR) is 73.3 cm³/mol. The van der Waals surface area contributed by atoms with Crippen LogP contribution in [0.4, 0.5) is 5.82 Å². The average Bonchev–Trinajstić information content (AvgIpc) is 2.96. The topological polar surface area (TPSA) is 84.0 Å². The summed E-state index contributed by atoms with van der Waals surface area (Å²) in [6.45, 7) is 3.00. The number of nitrogens with zero attached hydrogens (tertiary/aromatic N) is 4. The summed E-state index contributed by atoms with van der Waals surface area (Å²) >= 11 is 0. The van der Waals surface area contributed by atoms with Crippen LogP contribution in [0.15, 0.2) is 12.7 Å². The Morgan fingerprint density at radius 3 is 3.20 bits per heavy atom. The molecule has 1 saturated heterocycles. The third-order valence-corrected chi connectivity index (χ3v) is 3.54. The van der Waals surface area contributed by atoms with Gasteiger partial charge in [-0.2, -0.15) is 0 Å². The van der Waals surface area contributed by atoms with Crippen LogP contribution in [0.1, 0.15) is 26.2 Å². The fourth-order valence-electron chi connectivity index (χ4n) is 2.64. The summed E-state index contributed by atoms with van der Waals surface area (Å²) in [5, 5.41) is 0. The summed E-state index contributed by atoms with van der Waals surface area (Å²) in [6, 6.07) is -0.273. The second kappa shape index (κ2) is 5.44. The van der Waals surface area contributed by atoms with Gasteiger partial charge in [-0.05, 0) is 26.2 Å². The molecule has 1 fully saturated rings. The number of carbonyl (C=O) groups excluding carboxylic acids is 1. The second-order valence-electron chi connectivity index (χ2n) is 4.76. The van der Waals surface area contributed by atoms with Gasteiger partial charge in [-0.3, -0.25) is 0 Å². The average molecular weight is 275 g/mol. The molecule has 0 saturated carbocycles. The first-order valence-electron chi connectivity index (χ1n) is 6.88. The van der Waals surface area contributed by atoms with Crippen molar-refractivity contribution in [1.82, 2.24) is 19.9 Å². The fraction of sp³-hybridized carbons (Fsp3) is 0.538. The Balaban J connectivity index is 1.97. The SMILES string of the molecule is CCOC(=O)C1CCCCN1c1ncnc2nc[nH]c12. The molecule has 106 valence electrons. The van der Waals surface area contributed by atoms with Gasteiger partial charge in [0.05, 0.1) is 12.9 Å². The minimum Gasteiger partial charge on any atom is -0.464 e. The molecule has 7 heteroatoms. The predicted octanol–water partition coefficient (Wildman–Crippen LogP) is 1.27. The highest BCUT2D eigenvalue weighted by Gasteiger charge is 2.32. The van der Waals surface area contributed by atoms with E-state index in [9.17, 15) is 4.79 Å². The molecule has 20 heavy (non-hydrogen) atoms. The number of esters is 1. The Labute approximate surface area is 116 Å². The van der Waals surface area contributed by atoms with Gasteiger partial charge in [0.25, 0.3) is 0 Å². The first-order chi connectivity index (χ1) is 9.81. The number of fused-ring (bicyclic) bond motifs is 1. The molecule has 0 amide bonds. The first-order valence-corrected chi connectivity index (χ1v) is 6.88. The van der Waals surface area contributed by atoms with Crippen molar-refractivity contribution in [2.24, 2.45) is 0 Å². The van der Waals surface area contributed by atoms with Crippen molar-refractivity contribution in [2.75, 3.05) is 18.1 Å². The number of hydrogen-bond donors (Lipinski definition) is 1. The summed E-state index contributed by atoms with van der Waals surface area (Å²) in [5.41, 5.74) is 1.38. The van der Waals surface area contributed by atoms with Crippen LogP contribution >= 0.6 is 0 Å². The Morgan fingerprint density at radius 2 is 2.35 bits per heavy atom. The number of carbonyl (C=O) groups is 1. The highest BCUT2D eigenvalue weighted by molar-refractivity contribution is 5.87. The van der Waals surface area contributed by atoms with Gasteiger partial charge in [0.2, 0.25) is 0 Å². The number of piperidine rings is 1. The lowest BCUT2D eigenvalue weighted by Crippen LogP contribution is -2.46. The van der Waals surface area contributed by atoms with Crippen LogP contribution in [0.5, 0.6) is 0 Å². The van der Waals surface area contributed by atoms with Crippen molar-refractivity contribution in [2.45, 2.75) is 32.2 Å². The molecule has 2 aromatic heterocycles. The van der Waals surface area contributed by atoms with Crippen LogP contribution in [-0.4, -0.2) is 45.1 Å². The number of hydrogen-bond acceptors (Lipinski definition) is 6. The van der Waals surface area contributed by atoms with Gasteiger partial charge in [0.15, 0.2) is 11.5 Å². The van der Waals surface area contributed by atoms with Crippen molar-refractivity contribution in [3.05, 3.63) is 12.7 Å². The van der Waals surface area contributed by atoms with Gasteiger partial charge in [-0.25, -0.2) is 19.7 Å². The Kier molecular flexibility index (Phi) is 3.49.